The molecule has 0 unspecified atom stereocenters. The number of aromatic nitrogens is 2. The first-order valence-corrected chi connectivity index (χ1v) is 7.49. The number of rotatable bonds is 6. The van der Waals surface area contributed by atoms with Crippen LogP contribution in [0.25, 0.3) is 0 Å². The summed E-state index contributed by atoms with van der Waals surface area (Å²) in [5.41, 5.74) is -1.11. The monoisotopic (exact) mass is 329 g/mol. The third-order valence-corrected chi connectivity index (χ3v) is 3.65. The molecule has 0 atom stereocenters. The fourth-order valence-electron chi connectivity index (χ4n) is 1.23. The van der Waals surface area contributed by atoms with Gasteiger partial charge >= 0.3 is 5.97 Å². The quantitative estimate of drug-likeness (QED) is 0.311. The maximum absolute atomic E-state index is 11.7. The number of H-pyrrole nitrogens is 1. The minimum atomic E-state index is -0.557. The van der Waals surface area contributed by atoms with Crippen LogP contribution in [0.3, 0.4) is 0 Å². The van der Waals surface area contributed by atoms with E-state index in [0.29, 0.717) is 18.2 Å². The summed E-state index contributed by atoms with van der Waals surface area (Å²) in [5, 5.41) is 11.1. The van der Waals surface area contributed by atoms with Crippen molar-refractivity contribution in [1.82, 2.24) is 15.3 Å². The molecule has 9 heteroatoms. The number of esters is 1. The average molecular weight is 329 g/mol. The molecular formula is C13H19N3O5S. The molecule has 0 saturated carbocycles. The SMILES string of the molecule is CCC(C)(C)C(=O)OCCNC(=O)Sc1nc(O)cc(=O)[nH]1. The molecule has 0 bridgehead atoms. The normalized spacial score (nSPS) is 11.0. The number of carbonyl (C=O) groups excluding carboxylic acids is 2. The first-order chi connectivity index (χ1) is 10.2. The van der Waals surface area contributed by atoms with E-state index in [2.05, 4.69) is 15.3 Å². The van der Waals surface area contributed by atoms with E-state index in [1.165, 1.54) is 0 Å². The molecular weight excluding hydrogens is 310 g/mol. The summed E-state index contributed by atoms with van der Waals surface area (Å²) < 4.78 is 5.06. The van der Waals surface area contributed by atoms with E-state index < -0.39 is 22.1 Å². The number of aromatic amines is 1. The first-order valence-electron chi connectivity index (χ1n) is 6.68. The third-order valence-electron chi connectivity index (χ3n) is 2.94. The predicted octanol–water partition coefficient (Wildman–Crippen LogP) is 1.26. The number of amides is 1. The molecule has 122 valence electrons. The Bertz CT molecular complexity index is 600. The van der Waals surface area contributed by atoms with Crippen molar-refractivity contribution in [3.63, 3.8) is 0 Å². The highest BCUT2D eigenvalue weighted by Crippen LogP contribution is 2.21. The number of ether oxygens (including phenoxy) is 1. The summed E-state index contributed by atoms with van der Waals surface area (Å²) in [6.07, 6.45) is 0.657. The Kier molecular flexibility index (Phi) is 6.41. The highest BCUT2D eigenvalue weighted by Gasteiger charge is 2.26. The largest absolute Gasteiger partial charge is 0.493 e. The number of hydrogen-bond acceptors (Lipinski definition) is 7. The van der Waals surface area contributed by atoms with Gasteiger partial charge in [0.05, 0.1) is 18.0 Å². The van der Waals surface area contributed by atoms with E-state index in [9.17, 15) is 14.4 Å². The Hall–Kier alpha value is -2.03. The number of hydrogen-bond donors (Lipinski definition) is 3. The standard InChI is InChI=1S/C13H19N3O5S/c1-4-13(2,3)10(19)21-6-5-14-12(20)22-11-15-8(17)7-9(18)16-11/h7H,4-6H2,1-3H3,(H,14,20)(H2,15,16,17,18). The highest BCUT2D eigenvalue weighted by atomic mass is 32.2. The Labute approximate surface area is 131 Å². The van der Waals surface area contributed by atoms with Crippen molar-refractivity contribution in [1.29, 1.82) is 0 Å². The van der Waals surface area contributed by atoms with Crippen LogP contribution in [0.15, 0.2) is 16.0 Å². The van der Waals surface area contributed by atoms with Gasteiger partial charge in [-0.15, -0.1) is 0 Å². The minimum Gasteiger partial charge on any atom is -0.493 e. The Morgan fingerprint density at radius 2 is 2.18 bits per heavy atom. The zero-order valence-electron chi connectivity index (χ0n) is 12.6. The van der Waals surface area contributed by atoms with Gasteiger partial charge in [-0.1, -0.05) is 6.92 Å². The second-order valence-corrected chi connectivity index (χ2v) is 6.06. The van der Waals surface area contributed by atoms with Crippen LogP contribution in [0.2, 0.25) is 0 Å². The van der Waals surface area contributed by atoms with Crippen molar-refractivity contribution in [2.45, 2.75) is 32.3 Å². The maximum Gasteiger partial charge on any atom is 0.311 e. The zero-order valence-corrected chi connectivity index (χ0v) is 13.5. The van der Waals surface area contributed by atoms with Gasteiger partial charge in [0.2, 0.25) is 5.88 Å². The number of thioether (sulfide) groups is 1. The molecule has 0 aliphatic rings. The molecule has 0 aliphatic carbocycles. The van der Waals surface area contributed by atoms with E-state index in [1.807, 2.05) is 6.92 Å². The molecule has 0 radical (unpaired) electrons. The van der Waals surface area contributed by atoms with E-state index >= 15 is 0 Å². The van der Waals surface area contributed by atoms with Gasteiger partial charge in [-0.3, -0.25) is 14.4 Å². The predicted molar refractivity (Wildman–Crippen MR) is 80.8 cm³/mol. The maximum atomic E-state index is 11.7. The zero-order chi connectivity index (χ0) is 16.8. The molecule has 3 N–H and O–H groups in total. The fourth-order valence-corrected chi connectivity index (χ4v) is 1.87. The number of aromatic hydroxyl groups is 1. The number of carbonyl (C=O) groups is 2. The van der Waals surface area contributed by atoms with E-state index in [4.69, 9.17) is 9.84 Å². The van der Waals surface area contributed by atoms with Crippen LogP contribution in [-0.4, -0.2) is 39.4 Å². The van der Waals surface area contributed by atoms with Crippen molar-refractivity contribution < 1.29 is 19.4 Å². The van der Waals surface area contributed by atoms with Crippen LogP contribution in [0, 0.1) is 5.41 Å². The topological polar surface area (TPSA) is 121 Å². The van der Waals surface area contributed by atoms with Crippen LogP contribution < -0.4 is 10.9 Å². The highest BCUT2D eigenvalue weighted by molar-refractivity contribution is 8.13. The van der Waals surface area contributed by atoms with Gasteiger partial charge in [-0.05, 0) is 20.3 Å². The van der Waals surface area contributed by atoms with Gasteiger partial charge < -0.3 is 20.1 Å². The van der Waals surface area contributed by atoms with Crippen LogP contribution in [0.4, 0.5) is 4.79 Å². The van der Waals surface area contributed by atoms with Gasteiger partial charge in [0, 0.05) is 11.8 Å². The lowest BCUT2D eigenvalue weighted by Crippen LogP contribution is -2.30. The molecule has 1 aromatic rings. The Morgan fingerprint density at radius 1 is 1.50 bits per heavy atom. The van der Waals surface area contributed by atoms with Crippen LogP contribution in [-0.2, 0) is 9.53 Å². The molecule has 1 aromatic heterocycles. The van der Waals surface area contributed by atoms with Crippen molar-refractivity contribution in [3.8, 4) is 5.88 Å². The summed E-state index contributed by atoms with van der Waals surface area (Å²) in [7, 11) is 0. The van der Waals surface area contributed by atoms with Crippen molar-refractivity contribution in [3.05, 3.63) is 16.4 Å². The molecule has 0 aromatic carbocycles. The number of nitrogens with one attached hydrogen (secondary N) is 2. The second kappa shape index (κ2) is 7.83. The first kappa shape index (κ1) is 18.0. The lowest BCUT2D eigenvalue weighted by atomic mass is 9.91. The molecule has 0 spiro atoms. The van der Waals surface area contributed by atoms with E-state index in [1.54, 1.807) is 13.8 Å². The van der Waals surface area contributed by atoms with Gasteiger partial charge in [0.15, 0.2) is 5.16 Å². The molecule has 8 nitrogen and oxygen atoms in total. The number of nitrogens with zero attached hydrogens (tertiary/aromatic N) is 1. The lowest BCUT2D eigenvalue weighted by Gasteiger charge is -2.20. The molecule has 22 heavy (non-hydrogen) atoms. The molecule has 1 amide bonds. The van der Waals surface area contributed by atoms with E-state index in [0.717, 1.165) is 6.07 Å². The van der Waals surface area contributed by atoms with Crippen LogP contribution in [0.5, 0.6) is 5.88 Å². The average Bonchev–Trinajstić information content (AvgIpc) is 2.42. The summed E-state index contributed by atoms with van der Waals surface area (Å²) in [6.45, 7) is 5.66. The second-order valence-electron chi connectivity index (χ2n) is 5.10. The molecule has 0 aliphatic heterocycles. The molecule has 0 saturated heterocycles. The van der Waals surface area contributed by atoms with Gasteiger partial charge in [0.25, 0.3) is 10.8 Å². The van der Waals surface area contributed by atoms with Crippen molar-refractivity contribution in [2.24, 2.45) is 5.41 Å². The Morgan fingerprint density at radius 3 is 2.77 bits per heavy atom. The summed E-state index contributed by atoms with van der Waals surface area (Å²) in [5.74, 6) is -0.786. The molecule has 1 heterocycles. The van der Waals surface area contributed by atoms with Crippen molar-refractivity contribution in [2.75, 3.05) is 13.2 Å². The summed E-state index contributed by atoms with van der Waals surface area (Å²) in [4.78, 5) is 40.3. The molecule has 1 rings (SSSR count). The van der Waals surface area contributed by atoms with E-state index in [-0.39, 0.29) is 24.3 Å². The molecule has 0 fully saturated rings. The third kappa shape index (κ3) is 5.76. The van der Waals surface area contributed by atoms with Gasteiger partial charge in [0.1, 0.15) is 6.61 Å². The Balaban J connectivity index is 2.35. The van der Waals surface area contributed by atoms with Crippen molar-refractivity contribution >= 4 is 23.0 Å². The van der Waals surface area contributed by atoms with Crippen LogP contribution >= 0.6 is 11.8 Å². The minimum absolute atomic E-state index is 0.0217. The summed E-state index contributed by atoms with van der Waals surface area (Å²) in [6, 6.07) is 0.900. The van der Waals surface area contributed by atoms with Gasteiger partial charge in [-0.25, -0.2) is 0 Å². The summed E-state index contributed by atoms with van der Waals surface area (Å²) >= 11 is 0.624. The lowest BCUT2D eigenvalue weighted by molar-refractivity contribution is -0.153. The van der Waals surface area contributed by atoms with Gasteiger partial charge in [-0.2, -0.15) is 4.98 Å². The van der Waals surface area contributed by atoms with Crippen LogP contribution in [0.1, 0.15) is 27.2 Å². The fraction of sp³-hybridized carbons (Fsp3) is 0.538. The smallest absolute Gasteiger partial charge is 0.311 e.